The highest BCUT2D eigenvalue weighted by Crippen LogP contribution is 2.47. The van der Waals surface area contributed by atoms with Crippen LogP contribution in [0.3, 0.4) is 0 Å². The number of methoxy groups -OCH3 is 1. The van der Waals surface area contributed by atoms with Gasteiger partial charge >= 0.3 is 0 Å². The number of nitrogens with zero attached hydrogens (tertiary/aromatic N) is 3. The van der Waals surface area contributed by atoms with Gasteiger partial charge in [-0.15, -0.1) is 0 Å². The predicted octanol–water partition coefficient (Wildman–Crippen LogP) is 3.77. The monoisotopic (exact) mass is 551 g/mol. The van der Waals surface area contributed by atoms with Crippen LogP contribution in [0.25, 0.3) is 6.08 Å². The molecule has 0 unspecified atom stereocenters. The van der Waals surface area contributed by atoms with E-state index < -0.39 is 23.4 Å². The molecule has 3 aliphatic heterocycles. The first-order valence-electron chi connectivity index (χ1n) is 13.9. The Bertz CT molecular complexity index is 1270. The van der Waals surface area contributed by atoms with Gasteiger partial charge in [0.2, 0.25) is 0 Å². The largest absolute Gasteiger partial charge is 0.493 e. The van der Waals surface area contributed by atoms with E-state index in [1.807, 2.05) is 64.1 Å². The molecule has 216 valence electrons. The van der Waals surface area contributed by atoms with E-state index in [4.69, 9.17) is 23.9 Å². The summed E-state index contributed by atoms with van der Waals surface area (Å²) in [6.45, 7) is 15.8. The lowest BCUT2D eigenvalue weighted by molar-refractivity contribution is -0.159. The Morgan fingerprint density at radius 1 is 1.20 bits per heavy atom. The molecule has 9 heteroatoms. The van der Waals surface area contributed by atoms with Gasteiger partial charge in [0, 0.05) is 30.1 Å². The number of benzene rings is 1. The SMILES string of the molecule is C=Cc1ccc(N2CC(Oc3cc([C@@H]4CN(C(=O)[C@@H]5COC(C)(C)O5)C[C@@]4(C)[C@@H](C)O)ccc3OC)C2)nc1C. The van der Waals surface area contributed by atoms with Crippen molar-refractivity contribution in [3.8, 4) is 11.5 Å². The third-order valence-corrected chi connectivity index (χ3v) is 8.67. The first-order chi connectivity index (χ1) is 18.9. The first-order valence-corrected chi connectivity index (χ1v) is 13.9. The number of carbonyl (C=O) groups excluding carboxylic acids is 1. The molecule has 1 aromatic carbocycles. The minimum Gasteiger partial charge on any atom is -0.493 e. The number of ether oxygens (including phenoxy) is 4. The first kappa shape index (κ1) is 28.4. The van der Waals surface area contributed by atoms with Crippen LogP contribution in [0.1, 0.15) is 50.4 Å². The predicted molar refractivity (Wildman–Crippen MR) is 153 cm³/mol. The van der Waals surface area contributed by atoms with E-state index in [1.165, 1.54) is 0 Å². The zero-order valence-electron chi connectivity index (χ0n) is 24.3. The summed E-state index contributed by atoms with van der Waals surface area (Å²) in [7, 11) is 1.63. The molecule has 0 radical (unpaired) electrons. The van der Waals surface area contributed by atoms with Crippen LogP contribution in [0.2, 0.25) is 0 Å². The van der Waals surface area contributed by atoms with Crippen LogP contribution in [0.15, 0.2) is 36.9 Å². The molecule has 3 aliphatic rings. The fourth-order valence-corrected chi connectivity index (χ4v) is 5.94. The smallest absolute Gasteiger partial charge is 0.254 e. The Balaban J connectivity index is 1.31. The Hall–Kier alpha value is -3.14. The van der Waals surface area contributed by atoms with E-state index in [0.717, 1.165) is 22.6 Å². The number of pyridine rings is 1. The molecule has 4 heterocycles. The van der Waals surface area contributed by atoms with Crippen molar-refractivity contribution < 1.29 is 28.8 Å². The molecule has 3 saturated heterocycles. The summed E-state index contributed by atoms with van der Waals surface area (Å²) >= 11 is 0. The average molecular weight is 552 g/mol. The number of aromatic nitrogens is 1. The summed E-state index contributed by atoms with van der Waals surface area (Å²) in [5, 5.41) is 10.9. The van der Waals surface area contributed by atoms with E-state index in [1.54, 1.807) is 18.9 Å². The van der Waals surface area contributed by atoms with E-state index in [2.05, 4.69) is 11.5 Å². The molecular weight excluding hydrogens is 510 g/mol. The molecule has 0 bridgehead atoms. The van der Waals surface area contributed by atoms with Gasteiger partial charge in [0.05, 0.1) is 32.9 Å². The Labute approximate surface area is 236 Å². The van der Waals surface area contributed by atoms with Crippen LogP contribution >= 0.6 is 0 Å². The molecule has 0 saturated carbocycles. The number of likely N-dealkylation sites (tertiary alicyclic amines) is 1. The summed E-state index contributed by atoms with van der Waals surface area (Å²) < 4.78 is 23.5. The highest BCUT2D eigenvalue weighted by molar-refractivity contribution is 5.82. The topological polar surface area (TPSA) is 93.6 Å². The Kier molecular flexibility index (Phi) is 7.58. The number of aliphatic hydroxyl groups excluding tert-OH is 1. The van der Waals surface area contributed by atoms with Gasteiger partial charge in [-0.25, -0.2) is 4.98 Å². The number of amides is 1. The zero-order chi connectivity index (χ0) is 28.8. The molecule has 40 heavy (non-hydrogen) atoms. The fraction of sp³-hybridized carbons (Fsp3) is 0.548. The minimum absolute atomic E-state index is 0.0157. The summed E-state index contributed by atoms with van der Waals surface area (Å²) in [6.07, 6.45) is 0.516. The van der Waals surface area contributed by atoms with Gasteiger partial charge in [-0.1, -0.05) is 25.6 Å². The van der Waals surface area contributed by atoms with Crippen LogP contribution in [-0.4, -0.2) is 84.9 Å². The average Bonchev–Trinajstić information content (AvgIpc) is 3.45. The fourth-order valence-electron chi connectivity index (χ4n) is 5.94. The maximum absolute atomic E-state index is 13.4. The molecule has 1 amide bonds. The number of rotatable bonds is 8. The van der Waals surface area contributed by atoms with Crippen LogP contribution in [0.5, 0.6) is 11.5 Å². The normalized spacial score (nSPS) is 26.9. The van der Waals surface area contributed by atoms with Gasteiger partial charge in [0.15, 0.2) is 23.4 Å². The molecule has 9 nitrogen and oxygen atoms in total. The molecule has 3 fully saturated rings. The van der Waals surface area contributed by atoms with Crippen molar-refractivity contribution in [2.75, 3.05) is 44.8 Å². The van der Waals surface area contributed by atoms with Crippen molar-refractivity contribution in [3.63, 3.8) is 0 Å². The zero-order valence-corrected chi connectivity index (χ0v) is 24.3. The second-order valence-electron chi connectivity index (χ2n) is 11.9. The maximum Gasteiger partial charge on any atom is 0.254 e. The van der Waals surface area contributed by atoms with Crippen molar-refractivity contribution in [2.45, 2.75) is 64.6 Å². The van der Waals surface area contributed by atoms with Crippen molar-refractivity contribution in [1.82, 2.24) is 9.88 Å². The van der Waals surface area contributed by atoms with Crippen LogP contribution in [-0.2, 0) is 14.3 Å². The van der Waals surface area contributed by atoms with Gasteiger partial charge in [-0.3, -0.25) is 4.79 Å². The van der Waals surface area contributed by atoms with E-state index in [0.29, 0.717) is 37.7 Å². The lowest BCUT2D eigenvalue weighted by atomic mass is 9.72. The highest BCUT2D eigenvalue weighted by Gasteiger charge is 2.50. The van der Waals surface area contributed by atoms with E-state index >= 15 is 0 Å². The number of hydrogen-bond donors (Lipinski definition) is 1. The number of carbonyl (C=O) groups is 1. The molecule has 0 spiro atoms. The number of hydrogen-bond acceptors (Lipinski definition) is 8. The highest BCUT2D eigenvalue weighted by atomic mass is 16.7. The van der Waals surface area contributed by atoms with Crippen LogP contribution in [0, 0.1) is 12.3 Å². The summed E-state index contributed by atoms with van der Waals surface area (Å²) in [4.78, 5) is 22.0. The molecule has 0 aliphatic carbocycles. The standard InChI is InChI=1S/C31H41N3O6/c1-8-21-10-12-28(32-19(21)2)33-14-23(15-33)39-26-13-22(9-11-25(26)37-7)24-16-34(18-31(24,6)20(3)35)29(36)27-17-38-30(4,5)40-27/h8-13,20,23-24,27,35H,1,14-18H2,2-7H3/t20-,24+,27+,31+/m1/s1. The van der Waals surface area contributed by atoms with Gasteiger partial charge in [-0.2, -0.15) is 0 Å². The lowest BCUT2D eigenvalue weighted by Gasteiger charge is -2.40. The Morgan fingerprint density at radius 2 is 1.95 bits per heavy atom. The summed E-state index contributed by atoms with van der Waals surface area (Å²) in [5.74, 6) is 1.23. The Morgan fingerprint density at radius 3 is 2.55 bits per heavy atom. The third kappa shape index (κ3) is 5.30. The number of anilines is 1. The minimum atomic E-state index is -0.781. The number of aliphatic hydroxyl groups is 1. The van der Waals surface area contributed by atoms with Crippen molar-refractivity contribution >= 4 is 17.8 Å². The molecule has 4 atom stereocenters. The van der Waals surface area contributed by atoms with Crippen LogP contribution in [0.4, 0.5) is 5.82 Å². The third-order valence-electron chi connectivity index (χ3n) is 8.67. The van der Waals surface area contributed by atoms with Gasteiger partial charge in [0.1, 0.15) is 11.9 Å². The van der Waals surface area contributed by atoms with E-state index in [9.17, 15) is 9.90 Å². The van der Waals surface area contributed by atoms with Gasteiger partial charge in [0.25, 0.3) is 5.91 Å². The molecular formula is C31H41N3O6. The molecule has 5 rings (SSSR count). The quantitative estimate of drug-likeness (QED) is 0.530. The summed E-state index contributed by atoms with van der Waals surface area (Å²) in [6, 6.07) is 9.95. The second kappa shape index (κ2) is 10.7. The lowest BCUT2D eigenvalue weighted by Crippen LogP contribution is -2.54. The van der Waals surface area contributed by atoms with Crippen molar-refractivity contribution in [3.05, 3.63) is 53.7 Å². The maximum atomic E-state index is 13.4. The van der Waals surface area contributed by atoms with E-state index in [-0.39, 0.29) is 24.5 Å². The number of aryl methyl sites for hydroxylation is 1. The van der Waals surface area contributed by atoms with Crippen LogP contribution < -0.4 is 14.4 Å². The molecule has 1 N–H and O–H groups in total. The van der Waals surface area contributed by atoms with Gasteiger partial charge < -0.3 is 33.9 Å². The van der Waals surface area contributed by atoms with Crippen molar-refractivity contribution in [1.29, 1.82) is 0 Å². The van der Waals surface area contributed by atoms with Gasteiger partial charge in [-0.05, 0) is 63.1 Å². The molecule has 1 aromatic heterocycles. The summed E-state index contributed by atoms with van der Waals surface area (Å²) in [5.41, 5.74) is 2.42. The molecule has 2 aromatic rings. The van der Waals surface area contributed by atoms with Crippen molar-refractivity contribution in [2.24, 2.45) is 5.41 Å². The second-order valence-corrected chi connectivity index (χ2v) is 11.9.